The minimum atomic E-state index is -0.354. The molecule has 1 amide bonds. The molecule has 1 aromatic heterocycles. The number of fused-ring (bicyclic) bond motifs is 1. The number of carbonyl (C=O) groups excluding carboxylic acids is 1. The van der Waals surface area contributed by atoms with Crippen molar-refractivity contribution in [1.82, 2.24) is 14.5 Å². The number of aryl methyl sites for hydroxylation is 1. The number of nitrogens with zero attached hydrogens (tertiary/aromatic N) is 3. The van der Waals surface area contributed by atoms with E-state index in [1.54, 1.807) is 30.1 Å². The molecule has 0 spiro atoms. The average molecular weight is 412 g/mol. The number of halogens is 1. The Hall–Kier alpha value is -2.66. The first-order valence-corrected chi connectivity index (χ1v) is 10.2. The first-order valence-electron chi connectivity index (χ1n) is 9.87. The zero-order valence-corrected chi connectivity index (χ0v) is 18.0. The molecule has 152 valence electrons. The Bertz CT molecular complexity index is 1090. The summed E-state index contributed by atoms with van der Waals surface area (Å²) < 4.78 is 1.52. The summed E-state index contributed by atoms with van der Waals surface area (Å²) in [6.07, 6.45) is 1.84. The molecule has 0 N–H and O–H groups in total. The molecule has 29 heavy (non-hydrogen) atoms. The highest BCUT2D eigenvalue weighted by Gasteiger charge is 2.26. The predicted octanol–water partition coefficient (Wildman–Crippen LogP) is 4.90. The van der Waals surface area contributed by atoms with E-state index in [1.807, 2.05) is 38.1 Å². The van der Waals surface area contributed by atoms with E-state index in [1.165, 1.54) is 4.57 Å². The van der Waals surface area contributed by atoms with Crippen molar-refractivity contribution in [3.05, 3.63) is 74.8 Å². The molecule has 1 heterocycles. The number of benzene rings is 2. The Morgan fingerprint density at radius 2 is 1.90 bits per heavy atom. The largest absolute Gasteiger partial charge is 0.329 e. The van der Waals surface area contributed by atoms with Gasteiger partial charge in [-0.3, -0.25) is 14.2 Å². The molecule has 0 saturated heterocycles. The van der Waals surface area contributed by atoms with Gasteiger partial charge in [-0.2, -0.15) is 0 Å². The first-order chi connectivity index (χ1) is 13.8. The van der Waals surface area contributed by atoms with Gasteiger partial charge in [0.05, 0.1) is 16.9 Å². The van der Waals surface area contributed by atoms with Gasteiger partial charge in [-0.05, 0) is 50.6 Å². The monoisotopic (exact) mass is 411 g/mol. The SMILES string of the molecule is CCCCN(C(=O)c1ccc(C)cc1)C(C)c1nc2ccc(Cl)cc2c(=O)n1C. The van der Waals surface area contributed by atoms with Gasteiger partial charge in [0.2, 0.25) is 0 Å². The Kier molecular flexibility index (Phi) is 6.38. The van der Waals surface area contributed by atoms with Gasteiger partial charge in [0, 0.05) is 24.2 Å². The molecule has 2 aromatic carbocycles. The van der Waals surface area contributed by atoms with Crippen LogP contribution in [0.1, 0.15) is 54.5 Å². The highest BCUT2D eigenvalue weighted by Crippen LogP contribution is 2.23. The molecule has 0 aliphatic heterocycles. The molecule has 0 aliphatic rings. The summed E-state index contributed by atoms with van der Waals surface area (Å²) in [6, 6.07) is 12.3. The van der Waals surface area contributed by atoms with Crippen LogP contribution in [0.2, 0.25) is 5.02 Å². The van der Waals surface area contributed by atoms with Gasteiger partial charge < -0.3 is 4.90 Å². The van der Waals surface area contributed by atoms with E-state index in [4.69, 9.17) is 16.6 Å². The summed E-state index contributed by atoms with van der Waals surface area (Å²) >= 11 is 6.04. The topological polar surface area (TPSA) is 55.2 Å². The fourth-order valence-electron chi connectivity index (χ4n) is 3.43. The first kappa shape index (κ1) is 21.1. The Labute approximate surface area is 175 Å². The number of hydrogen-bond acceptors (Lipinski definition) is 3. The Morgan fingerprint density at radius 3 is 2.55 bits per heavy atom. The van der Waals surface area contributed by atoms with E-state index >= 15 is 0 Å². The van der Waals surface area contributed by atoms with Crippen molar-refractivity contribution in [3.8, 4) is 0 Å². The maximum Gasteiger partial charge on any atom is 0.261 e. The zero-order chi connectivity index (χ0) is 21.1. The van der Waals surface area contributed by atoms with Crippen LogP contribution in [0.15, 0.2) is 47.3 Å². The second kappa shape index (κ2) is 8.78. The number of carbonyl (C=O) groups is 1. The van der Waals surface area contributed by atoms with E-state index in [0.29, 0.717) is 33.9 Å². The van der Waals surface area contributed by atoms with Gasteiger partial charge in [0.25, 0.3) is 11.5 Å². The predicted molar refractivity (Wildman–Crippen MR) is 118 cm³/mol. The van der Waals surface area contributed by atoms with Gasteiger partial charge in [-0.1, -0.05) is 42.6 Å². The molecule has 6 heteroatoms. The van der Waals surface area contributed by atoms with Crippen LogP contribution in [0.5, 0.6) is 0 Å². The molecule has 0 aliphatic carbocycles. The van der Waals surface area contributed by atoms with E-state index in [9.17, 15) is 9.59 Å². The minimum Gasteiger partial charge on any atom is -0.329 e. The summed E-state index contributed by atoms with van der Waals surface area (Å²) in [5, 5.41) is 0.970. The quantitative estimate of drug-likeness (QED) is 0.579. The van der Waals surface area contributed by atoms with Gasteiger partial charge in [-0.15, -0.1) is 0 Å². The van der Waals surface area contributed by atoms with Crippen LogP contribution in [-0.4, -0.2) is 26.9 Å². The molecule has 1 atom stereocenters. The molecule has 0 fully saturated rings. The van der Waals surface area contributed by atoms with Crippen molar-refractivity contribution in [2.45, 2.75) is 39.7 Å². The van der Waals surface area contributed by atoms with Crippen LogP contribution in [0.3, 0.4) is 0 Å². The van der Waals surface area contributed by atoms with Gasteiger partial charge in [0.1, 0.15) is 5.82 Å². The van der Waals surface area contributed by atoms with Crippen molar-refractivity contribution in [3.63, 3.8) is 0 Å². The summed E-state index contributed by atoms with van der Waals surface area (Å²) in [4.78, 5) is 32.7. The molecule has 0 bridgehead atoms. The third kappa shape index (κ3) is 4.35. The highest BCUT2D eigenvalue weighted by molar-refractivity contribution is 6.31. The van der Waals surface area contributed by atoms with Crippen LogP contribution < -0.4 is 5.56 Å². The maximum atomic E-state index is 13.3. The fourth-order valence-corrected chi connectivity index (χ4v) is 3.61. The van der Waals surface area contributed by atoms with Crippen molar-refractivity contribution < 1.29 is 4.79 Å². The average Bonchev–Trinajstić information content (AvgIpc) is 2.71. The Morgan fingerprint density at radius 1 is 1.21 bits per heavy atom. The summed E-state index contributed by atoms with van der Waals surface area (Å²) in [5.74, 6) is 0.498. The second-order valence-electron chi connectivity index (χ2n) is 7.39. The number of rotatable bonds is 6. The van der Waals surface area contributed by atoms with Crippen LogP contribution in [-0.2, 0) is 7.05 Å². The van der Waals surface area contributed by atoms with E-state index < -0.39 is 0 Å². The lowest BCUT2D eigenvalue weighted by atomic mass is 10.1. The molecule has 0 radical (unpaired) electrons. The second-order valence-corrected chi connectivity index (χ2v) is 7.83. The zero-order valence-electron chi connectivity index (χ0n) is 17.3. The molecule has 0 saturated carbocycles. The van der Waals surface area contributed by atoms with E-state index in [2.05, 4.69) is 6.92 Å². The van der Waals surface area contributed by atoms with Crippen LogP contribution >= 0.6 is 11.6 Å². The van der Waals surface area contributed by atoms with E-state index in [-0.39, 0.29) is 17.5 Å². The maximum absolute atomic E-state index is 13.3. The summed E-state index contributed by atoms with van der Waals surface area (Å²) in [7, 11) is 1.69. The third-order valence-electron chi connectivity index (χ3n) is 5.23. The van der Waals surface area contributed by atoms with Crippen LogP contribution in [0.25, 0.3) is 10.9 Å². The molecule has 3 rings (SSSR count). The fraction of sp³-hybridized carbons (Fsp3) is 0.348. The van der Waals surface area contributed by atoms with Crippen molar-refractivity contribution in [2.24, 2.45) is 7.05 Å². The summed E-state index contributed by atoms with van der Waals surface area (Å²) in [5.41, 5.74) is 2.15. The molecule has 3 aromatic rings. The highest BCUT2D eigenvalue weighted by atomic mass is 35.5. The van der Waals surface area contributed by atoms with Crippen LogP contribution in [0, 0.1) is 6.92 Å². The van der Waals surface area contributed by atoms with Gasteiger partial charge in [-0.25, -0.2) is 4.98 Å². The Balaban J connectivity index is 2.05. The van der Waals surface area contributed by atoms with Crippen molar-refractivity contribution >= 4 is 28.4 Å². The van der Waals surface area contributed by atoms with Crippen molar-refractivity contribution in [2.75, 3.05) is 6.54 Å². The standard InChI is InChI=1S/C23H26ClN3O2/c1-5-6-13-27(22(28)17-9-7-15(2)8-10-17)16(3)21-25-20-12-11-18(24)14-19(20)23(29)26(21)4/h7-12,14,16H,5-6,13H2,1-4H3. The van der Waals surface area contributed by atoms with Gasteiger partial charge >= 0.3 is 0 Å². The summed E-state index contributed by atoms with van der Waals surface area (Å²) in [6.45, 7) is 6.60. The van der Waals surface area contributed by atoms with Crippen LogP contribution in [0.4, 0.5) is 0 Å². The smallest absolute Gasteiger partial charge is 0.261 e. The lowest BCUT2D eigenvalue weighted by Crippen LogP contribution is -2.37. The molecular weight excluding hydrogens is 386 g/mol. The van der Waals surface area contributed by atoms with Crippen molar-refractivity contribution in [1.29, 1.82) is 0 Å². The normalized spacial score (nSPS) is 12.2. The van der Waals surface area contributed by atoms with Gasteiger partial charge in [0.15, 0.2) is 0 Å². The number of amides is 1. The molecule has 1 unspecified atom stereocenters. The lowest BCUT2D eigenvalue weighted by Gasteiger charge is -2.30. The third-order valence-corrected chi connectivity index (χ3v) is 5.46. The number of hydrogen-bond donors (Lipinski definition) is 0. The molecule has 5 nitrogen and oxygen atoms in total. The number of unbranched alkanes of at least 4 members (excludes halogenated alkanes) is 1. The molecular formula is C23H26ClN3O2. The lowest BCUT2D eigenvalue weighted by molar-refractivity contribution is 0.0677. The minimum absolute atomic E-state index is 0.0589. The van der Waals surface area contributed by atoms with E-state index in [0.717, 1.165) is 18.4 Å². The number of aromatic nitrogens is 2.